The van der Waals surface area contributed by atoms with E-state index < -0.39 is 0 Å². The lowest BCUT2D eigenvalue weighted by Gasteiger charge is -2.37. The molecule has 2 aromatic carbocycles. The van der Waals surface area contributed by atoms with Gasteiger partial charge < -0.3 is 9.47 Å². The average Bonchev–Trinajstić information content (AvgIpc) is 3.26. The minimum absolute atomic E-state index is 0.0792. The van der Waals surface area contributed by atoms with E-state index in [1.54, 1.807) is 24.0 Å². The third kappa shape index (κ3) is 3.58. The molecule has 176 valence electrons. The topological polar surface area (TPSA) is 78.6 Å². The predicted molar refractivity (Wildman–Crippen MR) is 132 cm³/mol. The second-order valence-electron chi connectivity index (χ2n) is 9.73. The van der Waals surface area contributed by atoms with Crippen LogP contribution in [0.1, 0.15) is 43.7 Å². The van der Waals surface area contributed by atoms with Crippen LogP contribution in [0.2, 0.25) is 5.02 Å². The first-order valence-electron chi connectivity index (χ1n) is 11.4. The van der Waals surface area contributed by atoms with Gasteiger partial charge in [0.2, 0.25) is 5.88 Å². The molecular weight excluding hydrogens is 464 g/mol. The standard InChI is InChI=1S/C27H23ClN4O3/c1-27(2)12-19(33)22-20(13-27)35-26-23(21(22)15-8-10-16(34-3)11-9-15)25-30-24(31-32(25)14-29-26)17-6-4-5-7-18(17)28/h4-11,14,21H,12-13H2,1-3H3. The Morgan fingerprint density at radius 2 is 1.89 bits per heavy atom. The summed E-state index contributed by atoms with van der Waals surface area (Å²) in [7, 11) is 1.63. The SMILES string of the molecule is COc1ccc(C2C3=C(CC(C)(C)CC3=O)Oc3ncn4nc(-c5ccccc5Cl)nc4c32)cc1. The van der Waals surface area contributed by atoms with Crippen LogP contribution in [0.3, 0.4) is 0 Å². The maximum absolute atomic E-state index is 13.5. The smallest absolute Gasteiger partial charge is 0.228 e. The first-order valence-corrected chi connectivity index (χ1v) is 11.8. The molecular formula is C27H23ClN4O3. The Kier molecular flexibility index (Phi) is 4.93. The number of carbonyl (C=O) groups is 1. The largest absolute Gasteiger partial charge is 0.497 e. The molecule has 0 N–H and O–H groups in total. The average molecular weight is 487 g/mol. The highest BCUT2D eigenvalue weighted by Crippen LogP contribution is 2.50. The Bertz CT molecular complexity index is 1520. The van der Waals surface area contributed by atoms with Gasteiger partial charge in [-0.05, 0) is 35.2 Å². The van der Waals surface area contributed by atoms with Gasteiger partial charge in [0.25, 0.3) is 0 Å². The highest BCUT2D eigenvalue weighted by atomic mass is 35.5. The molecule has 6 rings (SSSR count). The minimum atomic E-state index is -0.386. The molecule has 7 nitrogen and oxygen atoms in total. The number of allylic oxidation sites excluding steroid dienone is 2. The van der Waals surface area contributed by atoms with Gasteiger partial charge in [-0.1, -0.05) is 49.7 Å². The van der Waals surface area contributed by atoms with Gasteiger partial charge >= 0.3 is 0 Å². The molecule has 35 heavy (non-hydrogen) atoms. The van der Waals surface area contributed by atoms with Gasteiger partial charge in [-0.2, -0.15) is 0 Å². The number of fused-ring (bicyclic) bond motifs is 3. The van der Waals surface area contributed by atoms with Crippen LogP contribution in [-0.2, 0) is 4.79 Å². The number of hydrogen-bond acceptors (Lipinski definition) is 6. The van der Waals surface area contributed by atoms with Crippen molar-refractivity contribution in [1.82, 2.24) is 19.6 Å². The monoisotopic (exact) mass is 486 g/mol. The van der Waals surface area contributed by atoms with Crippen LogP contribution in [0.15, 0.2) is 66.2 Å². The predicted octanol–water partition coefficient (Wildman–Crippen LogP) is 5.62. The molecule has 1 unspecified atom stereocenters. The van der Waals surface area contributed by atoms with Crippen molar-refractivity contribution in [2.24, 2.45) is 5.41 Å². The number of hydrogen-bond donors (Lipinski definition) is 0. The summed E-state index contributed by atoms with van der Waals surface area (Å²) < 4.78 is 13.3. The van der Waals surface area contributed by atoms with Crippen LogP contribution in [-0.4, -0.2) is 32.5 Å². The second-order valence-corrected chi connectivity index (χ2v) is 10.1. The number of nitrogens with zero attached hydrogens (tertiary/aromatic N) is 4. The van der Waals surface area contributed by atoms with Crippen molar-refractivity contribution in [3.05, 3.63) is 82.3 Å². The Balaban J connectivity index is 1.60. The summed E-state index contributed by atoms with van der Waals surface area (Å²) in [6.45, 7) is 4.17. The van der Waals surface area contributed by atoms with Gasteiger partial charge in [0, 0.05) is 29.9 Å². The normalized spacial score (nSPS) is 18.7. The number of ketones is 1. The Labute approximate surface area is 207 Å². The molecule has 3 heterocycles. The fourth-order valence-corrected chi connectivity index (χ4v) is 5.25. The zero-order chi connectivity index (χ0) is 24.3. The first-order chi connectivity index (χ1) is 16.8. The number of halogens is 1. The molecule has 0 saturated heterocycles. The van der Waals surface area contributed by atoms with Crippen molar-refractivity contribution in [3.63, 3.8) is 0 Å². The van der Waals surface area contributed by atoms with E-state index in [0.29, 0.717) is 46.5 Å². The maximum atomic E-state index is 13.5. The summed E-state index contributed by atoms with van der Waals surface area (Å²) >= 11 is 6.43. The third-order valence-electron chi connectivity index (χ3n) is 6.63. The van der Waals surface area contributed by atoms with Crippen molar-refractivity contribution >= 4 is 23.0 Å². The lowest BCUT2D eigenvalue weighted by Crippen LogP contribution is -2.33. The summed E-state index contributed by atoms with van der Waals surface area (Å²) in [5.41, 5.74) is 3.44. The summed E-state index contributed by atoms with van der Waals surface area (Å²) in [5, 5.41) is 5.19. The number of rotatable bonds is 3. The zero-order valence-corrected chi connectivity index (χ0v) is 20.3. The van der Waals surface area contributed by atoms with Crippen molar-refractivity contribution < 1.29 is 14.3 Å². The van der Waals surface area contributed by atoms with Crippen molar-refractivity contribution in [1.29, 1.82) is 0 Å². The highest BCUT2D eigenvalue weighted by Gasteiger charge is 2.44. The van der Waals surface area contributed by atoms with E-state index in [-0.39, 0.29) is 17.1 Å². The molecule has 1 atom stereocenters. The number of Topliss-reactive ketones (excluding diaryl/α,β-unsaturated/α-hetero) is 1. The summed E-state index contributed by atoms with van der Waals surface area (Å²) in [4.78, 5) is 23.0. The number of ether oxygens (including phenoxy) is 2. The van der Waals surface area contributed by atoms with Crippen LogP contribution in [0.4, 0.5) is 0 Å². The van der Waals surface area contributed by atoms with Crippen LogP contribution >= 0.6 is 11.6 Å². The lowest BCUT2D eigenvalue weighted by atomic mass is 9.70. The number of benzene rings is 2. The highest BCUT2D eigenvalue weighted by molar-refractivity contribution is 6.33. The Hall–Kier alpha value is -3.71. The number of carbonyl (C=O) groups excluding carboxylic acids is 1. The van der Waals surface area contributed by atoms with Gasteiger partial charge in [0.15, 0.2) is 17.3 Å². The van der Waals surface area contributed by atoms with Gasteiger partial charge in [0.1, 0.15) is 17.8 Å². The van der Waals surface area contributed by atoms with Crippen LogP contribution < -0.4 is 9.47 Å². The van der Waals surface area contributed by atoms with Crippen molar-refractivity contribution in [2.75, 3.05) is 7.11 Å². The molecule has 1 aliphatic heterocycles. The van der Waals surface area contributed by atoms with Gasteiger partial charge in [-0.3, -0.25) is 4.79 Å². The van der Waals surface area contributed by atoms with Crippen LogP contribution in [0, 0.1) is 5.41 Å². The fraction of sp³-hybridized carbons (Fsp3) is 0.259. The molecule has 0 saturated carbocycles. The molecule has 4 aromatic rings. The molecule has 1 aliphatic carbocycles. The van der Waals surface area contributed by atoms with E-state index in [4.69, 9.17) is 26.1 Å². The summed E-state index contributed by atoms with van der Waals surface area (Å²) in [6.07, 6.45) is 2.70. The van der Waals surface area contributed by atoms with E-state index in [1.807, 2.05) is 42.5 Å². The van der Waals surface area contributed by atoms with Gasteiger partial charge in [0.05, 0.1) is 17.7 Å². The summed E-state index contributed by atoms with van der Waals surface area (Å²) in [5.74, 6) is 2.04. The second kappa shape index (κ2) is 7.92. The van der Waals surface area contributed by atoms with Gasteiger partial charge in [-0.25, -0.2) is 14.5 Å². The van der Waals surface area contributed by atoms with Crippen LogP contribution in [0.5, 0.6) is 11.6 Å². The van der Waals surface area contributed by atoms with E-state index in [9.17, 15) is 4.79 Å². The van der Waals surface area contributed by atoms with Gasteiger partial charge in [-0.15, -0.1) is 5.10 Å². The quantitative estimate of drug-likeness (QED) is 0.374. The van der Waals surface area contributed by atoms with E-state index in [0.717, 1.165) is 22.4 Å². The van der Waals surface area contributed by atoms with Crippen molar-refractivity contribution in [2.45, 2.75) is 32.6 Å². The van der Waals surface area contributed by atoms with E-state index in [1.165, 1.54) is 0 Å². The minimum Gasteiger partial charge on any atom is -0.497 e. The molecule has 0 amide bonds. The van der Waals surface area contributed by atoms with Crippen LogP contribution in [0.25, 0.3) is 17.0 Å². The maximum Gasteiger partial charge on any atom is 0.228 e. The Morgan fingerprint density at radius 3 is 2.63 bits per heavy atom. The number of aromatic nitrogens is 4. The van der Waals surface area contributed by atoms with Crippen molar-refractivity contribution in [3.8, 4) is 23.0 Å². The Morgan fingerprint density at radius 1 is 1.11 bits per heavy atom. The van der Waals surface area contributed by atoms with E-state index in [2.05, 4.69) is 23.9 Å². The first kappa shape index (κ1) is 21.8. The van der Waals surface area contributed by atoms with E-state index >= 15 is 0 Å². The molecule has 0 fully saturated rings. The number of methoxy groups -OCH3 is 1. The lowest BCUT2D eigenvalue weighted by molar-refractivity contribution is -0.118. The fourth-order valence-electron chi connectivity index (χ4n) is 5.03. The summed E-state index contributed by atoms with van der Waals surface area (Å²) in [6, 6.07) is 15.2. The third-order valence-corrected chi connectivity index (χ3v) is 6.96. The molecule has 2 aromatic heterocycles. The molecule has 0 radical (unpaired) electrons. The molecule has 0 bridgehead atoms. The molecule has 2 aliphatic rings. The zero-order valence-electron chi connectivity index (χ0n) is 19.6. The molecule has 8 heteroatoms. The molecule has 0 spiro atoms.